The first-order valence-corrected chi connectivity index (χ1v) is 10.9. The summed E-state index contributed by atoms with van der Waals surface area (Å²) in [7, 11) is 1.18. The summed E-state index contributed by atoms with van der Waals surface area (Å²) in [6, 6.07) is 17.0. The molecule has 0 aromatic heterocycles. The highest BCUT2D eigenvalue weighted by Crippen LogP contribution is 2.24. The van der Waals surface area contributed by atoms with Crippen molar-refractivity contribution in [2.75, 3.05) is 7.11 Å². The van der Waals surface area contributed by atoms with Gasteiger partial charge in [-0.3, -0.25) is 29.8 Å². The van der Waals surface area contributed by atoms with Crippen LogP contribution in [0.15, 0.2) is 78.9 Å². The van der Waals surface area contributed by atoms with E-state index in [1.54, 1.807) is 60.7 Å². The topological polar surface area (TPSA) is 171 Å². The number of rotatable bonds is 10. The van der Waals surface area contributed by atoms with E-state index in [0.29, 0.717) is 5.56 Å². The van der Waals surface area contributed by atoms with Crippen LogP contribution >= 0.6 is 0 Å². The average Bonchev–Trinajstić information content (AvgIpc) is 2.91. The molecule has 0 radical (unpaired) electrons. The molecule has 0 unspecified atom stereocenters. The van der Waals surface area contributed by atoms with Crippen LogP contribution in [0.3, 0.4) is 0 Å². The van der Waals surface area contributed by atoms with Gasteiger partial charge in [0.05, 0.1) is 28.6 Å². The third-order valence-corrected chi connectivity index (χ3v) is 5.34. The minimum atomic E-state index is -1.34. The van der Waals surface area contributed by atoms with E-state index in [1.807, 2.05) is 0 Å². The van der Waals surface area contributed by atoms with Gasteiger partial charge in [-0.15, -0.1) is 0 Å². The maximum absolute atomic E-state index is 13.3. The molecular formula is C25H22N4O8. The number of hydrogen-bond acceptors (Lipinski definition) is 8. The number of amides is 2. The zero-order valence-electron chi connectivity index (χ0n) is 19.5. The van der Waals surface area contributed by atoms with E-state index in [2.05, 4.69) is 10.6 Å². The van der Waals surface area contributed by atoms with Gasteiger partial charge in [-0.05, 0) is 11.1 Å². The second-order valence-electron chi connectivity index (χ2n) is 7.84. The average molecular weight is 506 g/mol. The molecule has 190 valence electrons. The number of nitrogens with one attached hydrogen (secondary N) is 2. The molecule has 0 aliphatic rings. The number of esters is 1. The first-order valence-electron chi connectivity index (χ1n) is 10.9. The first kappa shape index (κ1) is 26.5. The van der Waals surface area contributed by atoms with Gasteiger partial charge in [-0.25, -0.2) is 4.79 Å². The lowest BCUT2D eigenvalue weighted by Crippen LogP contribution is -2.48. The first-order chi connectivity index (χ1) is 17.7. The largest absolute Gasteiger partial charge is 0.467 e. The van der Waals surface area contributed by atoms with Crippen molar-refractivity contribution >= 4 is 29.2 Å². The van der Waals surface area contributed by atoms with Crippen LogP contribution in [-0.4, -0.2) is 40.8 Å². The lowest BCUT2D eigenvalue weighted by atomic mass is 10.0. The smallest absolute Gasteiger partial charge is 0.328 e. The van der Waals surface area contributed by atoms with E-state index in [9.17, 15) is 34.6 Å². The van der Waals surface area contributed by atoms with Gasteiger partial charge in [0.25, 0.3) is 17.3 Å². The summed E-state index contributed by atoms with van der Waals surface area (Å²) in [5, 5.41) is 27.5. The van der Waals surface area contributed by atoms with Crippen molar-refractivity contribution in [2.45, 2.75) is 18.5 Å². The Bertz CT molecular complexity index is 1280. The second-order valence-corrected chi connectivity index (χ2v) is 7.84. The summed E-state index contributed by atoms with van der Waals surface area (Å²) in [5.74, 6) is -2.43. The molecule has 0 aliphatic carbocycles. The maximum Gasteiger partial charge on any atom is 0.328 e. The third-order valence-electron chi connectivity index (χ3n) is 5.34. The Morgan fingerprint density at radius 3 is 1.89 bits per heavy atom. The van der Waals surface area contributed by atoms with Gasteiger partial charge in [0, 0.05) is 18.6 Å². The summed E-state index contributed by atoms with van der Waals surface area (Å²) in [6.45, 7) is 0. The number of non-ortho nitro benzene ring substituents is 2. The van der Waals surface area contributed by atoms with Crippen LogP contribution in [0.2, 0.25) is 0 Å². The van der Waals surface area contributed by atoms with Crippen molar-refractivity contribution in [3.05, 3.63) is 116 Å². The van der Waals surface area contributed by atoms with E-state index in [-0.39, 0.29) is 12.0 Å². The summed E-state index contributed by atoms with van der Waals surface area (Å²) in [6.07, 6.45) is 0.117. The van der Waals surface area contributed by atoms with Crippen molar-refractivity contribution in [3.8, 4) is 0 Å². The molecule has 2 N–H and O–H groups in total. The highest BCUT2D eigenvalue weighted by atomic mass is 16.6. The molecule has 0 heterocycles. The van der Waals surface area contributed by atoms with Crippen LogP contribution in [0.5, 0.6) is 0 Å². The standard InChI is InChI=1S/C25H22N4O8/c1-37-25(32)21(12-16-8-4-2-5-9-16)26-24(31)22(17-10-6-3-7-11-17)27-23(30)18-13-19(28(33)34)15-20(14-18)29(35)36/h2-11,13-15,21-22H,12H2,1H3,(H,26,31)(H,27,30)/t21-,22-/m0/s1. The molecule has 3 aromatic carbocycles. The molecule has 3 rings (SSSR count). The molecule has 0 saturated heterocycles. The van der Waals surface area contributed by atoms with Crippen molar-refractivity contribution in [1.29, 1.82) is 0 Å². The van der Waals surface area contributed by atoms with E-state index < -0.39 is 51.1 Å². The van der Waals surface area contributed by atoms with Crippen LogP contribution in [0, 0.1) is 20.2 Å². The molecule has 2 amide bonds. The SMILES string of the molecule is COC(=O)[C@H](Cc1ccccc1)NC(=O)[C@@H](NC(=O)c1cc([N+](=O)[O-])cc([N+](=O)[O-])c1)c1ccccc1. The van der Waals surface area contributed by atoms with Crippen LogP contribution < -0.4 is 10.6 Å². The number of ether oxygens (including phenoxy) is 1. The maximum atomic E-state index is 13.3. The fourth-order valence-corrected chi connectivity index (χ4v) is 3.54. The van der Waals surface area contributed by atoms with Crippen LogP contribution in [0.25, 0.3) is 0 Å². The van der Waals surface area contributed by atoms with E-state index >= 15 is 0 Å². The fourth-order valence-electron chi connectivity index (χ4n) is 3.54. The molecule has 0 saturated carbocycles. The van der Waals surface area contributed by atoms with E-state index in [0.717, 1.165) is 23.8 Å². The highest BCUT2D eigenvalue weighted by Gasteiger charge is 2.30. The number of nitro benzene ring substituents is 2. The monoisotopic (exact) mass is 506 g/mol. The van der Waals surface area contributed by atoms with Gasteiger partial charge >= 0.3 is 5.97 Å². The molecule has 0 fully saturated rings. The number of methoxy groups -OCH3 is 1. The highest BCUT2D eigenvalue weighted by molar-refractivity contribution is 5.99. The summed E-state index contributed by atoms with van der Waals surface area (Å²) in [5.41, 5.74) is -0.607. The van der Waals surface area contributed by atoms with Crippen molar-refractivity contribution < 1.29 is 29.0 Å². The van der Waals surface area contributed by atoms with Crippen molar-refractivity contribution in [1.82, 2.24) is 10.6 Å². The molecule has 37 heavy (non-hydrogen) atoms. The van der Waals surface area contributed by atoms with Gasteiger partial charge < -0.3 is 15.4 Å². The minimum Gasteiger partial charge on any atom is -0.467 e. The van der Waals surface area contributed by atoms with Gasteiger partial charge in [0.1, 0.15) is 12.1 Å². The summed E-state index contributed by atoms with van der Waals surface area (Å²) < 4.78 is 4.82. The van der Waals surface area contributed by atoms with Crippen LogP contribution in [0.4, 0.5) is 11.4 Å². The quantitative estimate of drug-likeness (QED) is 0.240. The van der Waals surface area contributed by atoms with Crippen LogP contribution in [0.1, 0.15) is 27.5 Å². The zero-order valence-corrected chi connectivity index (χ0v) is 19.5. The summed E-state index contributed by atoms with van der Waals surface area (Å²) >= 11 is 0. The van der Waals surface area contributed by atoms with Crippen molar-refractivity contribution in [3.63, 3.8) is 0 Å². The number of nitrogens with zero attached hydrogens (tertiary/aromatic N) is 2. The molecule has 0 bridgehead atoms. The van der Waals surface area contributed by atoms with Crippen LogP contribution in [-0.2, 0) is 20.7 Å². The second kappa shape index (κ2) is 12.0. The van der Waals surface area contributed by atoms with Gasteiger partial charge in [-0.2, -0.15) is 0 Å². The molecule has 12 heteroatoms. The Morgan fingerprint density at radius 2 is 1.38 bits per heavy atom. The van der Waals surface area contributed by atoms with Crippen molar-refractivity contribution in [2.24, 2.45) is 0 Å². The zero-order chi connectivity index (χ0) is 26.9. The van der Waals surface area contributed by atoms with Gasteiger partial charge in [0.2, 0.25) is 5.91 Å². The molecule has 0 aliphatic heterocycles. The molecular weight excluding hydrogens is 484 g/mol. The minimum absolute atomic E-state index is 0.117. The number of hydrogen-bond donors (Lipinski definition) is 2. The van der Waals surface area contributed by atoms with Gasteiger partial charge in [0.15, 0.2) is 0 Å². The lowest BCUT2D eigenvalue weighted by Gasteiger charge is -2.23. The lowest BCUT2D eigenvalue weighted by molar-refractivity contribution is -0.394. The number of carbonyl (C=O) groups excluding carboxylic acids is 3. The Balaban J connectivity index is 1.91. The van der Waals surface area contributed by atoms with E-state index in [4.69, 9.17) is 4.74 Å². The Kier molecular flexibility index (Phi) is 8.60. The molecule has 12 nitrogen and oxygen atoms in total. The number of carbonyl (C=O) groups is 3. The normalized spacial score (nSPS) is 12.0. The molecule has 2 atom stereocenters. The Morgan fingerprint density at radius 1 is 0.838 bits per heavy atom. The predicted molar refractivity (Wildman–Crippen MR) is 130 cm³/mol. The van der Waals surface area contributed by atoms with E-state index in [1.165, 1.54) is 7.11 Å². The predicted octanol–water partition coefficient (Wildman–Crippen LogP) is 2.87. The molecule has 0 spiro atoms. The Hall–Kier alpha value is -5.13. The Labute approximate surface area is 210 Å². The fraction of sp³-hybridized carbons (Fsp3) is 0.160. The third kappa shape index (κ3) is 6.94. The summed E-state index contributed by atoms with van der Waals surface area (Å²) in [4.78, 5) is 59.4. The number of benzene rings is 3. The molecule has 3 aromatic rings. The number of nitro groups is 2. The van der Waals surface area contributed by atoms with Gasteiger partial charge in [-0.1, -0.05) is 60.7 Å².